The lowest BCUT2D eigenvalue weighted by Crippen LogP contribution is -2.38. The van der Waals surface area contributed by atoms with Crippen LogP contribution in [-0.4, -0.2) is 27.5 Å². The molecule has 0 aromatic carbocycles. The van der Waals surface area contributed by atoms with Crippen LogP contribution >= 0.6 is 0 Å². The third-order valence-electron chi connectivity index (χ3n) is 3.59. The first kappa shape index (κ1) is 13.5. The van der Waals surface area contributed by atoms with Crippen molar-refractivity contribution in [2.75, 3.05) is 17.2 Å². The first-order chi connectivity index (χ1) is 9.13. The second-order valence-electron chi connectivity index (χ2n) is 4.78. The lowest BCUT2D eigenvalue weighted by Gasteiger charge is -2.33. The maximum Gasteiger partial charge on any atom is 0.329 e. The molecule has 1 aliphatic rings. The van der Waals surface area contributed by atoms with Gasteiger partial charge in [0.15, 0.2) is 0 Å². The number of hydrogen-bond donors (Lipinski definition) is 1. The second-order valence-corrected chi connectivity index (χ2v) is 4.78. The van der Waals surface area contributed by atoms with Gasteiger partial charge in [-0.2, -0.15) is 4.98 Å². The zero-order valence-corrected chi connectivity index (χ0v) is 11.1. The Kier molecular flexibility index (Phi) is 4.13. The summed E-state index contributed by atoms with van der Waals surface area (Å²) in [4.78, 5) is 20.4. The molecule has 2 N–H and O–H groups in total. The van der Waals surface area contributed by atoms with E-state index in [4.69, 9.17) is 5.73 Å². The molecule has 0 spiro atoms. The highest BCUT2D eigenvalue weighted by Crippen LogP contribution is 2.27. The van der Waals surface area contributed by atoms with Crippen molar-refractivity contribution in [2.24, 2.45) is 0 Å². The molecule has 1 saturated carbocycles. The lowest BCUT2D eigenvalue weighted by molar-refractivity contribution is -0.384. The van der Waals surface area contributed by atoms with Gasteiger partial charge in [-0.05, 0) is 19.8 Å². The van der Waals surface area contributed by atoms with Crippen molar-refractivity contribution in [1.82, 2.24) is 9.97 Å². The predicted octanol–water partition coefficient (Wildman–Crippen LogP) is 2.13. The van der Waals surface area contributed by atoms with E-state index in [1.54, 1.807) is 0 Å². The minimum absolute atomic E-state index is 0.0655. The molecule has 0 atom stereocenters. The molecular formula is C12H19N5O2. The Balaban J connectivity index is 2.23. The molecular weight excluding hydrogens is 246 g/mol. The van der Waals surface area contributed by atoms with E-state index in [2.05, 4.69) is 14.9 Å². The predicted molar refractivity (Wildman–Crippen MR) is 73.0 cm³/mol. The van der Waals surface area contributed by atoms with E-state index >= 15 is 0 Å². The number of rotatable bonds is 4. The molecule has 0 aliphatic heterocycles. The van der Waals surface area contributed by atoms with Crippen LogP contribution in [0.1, 0.15) is 39.0 Å². The molecule has 1 aliphatic carbocycles. The van der Waals surface area contributed by atoms with Crippen LogP contribution < -0.4 is 10.6 Å². The Morgan fingerprint density at radius 3 is 2.68 bits per heavy atom. The van der Waals surface area contributed by atoms with Crippen molar-refractivity contribution >= 4 is 17.5 Å². The fraction of sp³-hybridized carbons (Fsp3) is 0.667. The van der Waals surface area contributed by atoms with E-state index in [1.165, 1.54) is 25.5 Å². The van der Waals surface area contributed by atoms with Crippen LogP contribution in [0.25, 0.3) is 0 Å². The van der Waals surface area contributed by atoms with Crippen LogP contribution in [0, 0.1) is 10.1 Å². The summed E-state index contributed by atoms with van der Waals surface area (Å²) < 4.78 is 0. The van der Waals surface area contributed by atoms with Crippen molar-refractivity contribution in [3.8, 4) is 0 Å². The maximum absolute atomic E-state index is 10.7. The summed E-state index contributed by atoms with van der Waals surface area (Å²) in [5, 5.41) is 10.7. The highest BCUT2D eigenvalue weighted by Gasteiger charge is 2.24. The Bertz CT molecular complexity index is 459. The van der Waals surface area contributed by atoms with E-state index in [0.29, 0.717) is 12.0 Å². The molecule has 19 heavy (non-hydrogen) atoms. The molecule has 1 fully saturated rings. The van der Waals surface area contributed by atoms with Gasteiger partial charge in [-0.15, -0.1) is 0 Å². The van der Waals surface area contributed by atoms with Crippen molar-refractivity contribution in [2.45, 2.75) is 45.1 Å². The minimum atomic E-state index is -0.560. The van der Waals surface area contributed by atoms with E-state index in [0.717, 1.165) is 19.4 Å². The molecule has 104 valence electrons. The van der Waals surface area contributed by atoms with Gasteiger partial charge >= 0.3 is 5.69 Å². The lowest BCUT2D eigenvalue weighted by atomic mass is 9.94. The number of nitro groups is 1. The topological polar surface area (TPSA) is 98.2 Å². The van der Waals surface area contributed by atoms with Gasteiger partial charge in [-0.25, -0.2) is 4.98 Å². The summed E-state index contributed by atoms with van der Waals surface area (Å²) >= 11 is 0. The average Bonchev–Trinajstić information content (AvgIpc) is 2.40. The Morgan fingerprint density at radius 1 is 1.47 bits per heavy atom. The second kappa shape index (κ2) is 5.81. The number of aromatic nitrogens is 2. The Labute approximate surface area is 112 Å². The molecule has 0 saturated heterocycles. The third-order valence-corrected chi connectivity index (χ3v) is 3.59. The smallest absolute Gasteiger partial charge is 0.329 e. The molecule has 7 nitrogen and oxygen atoms in total. The summed E-state index contributed by atoms with van der Waals surface area (Å²) in [6.07, 6.45) is 7.13. The molecule has 0 bridgehead atoms. The summed E-state index contributed by atoms with van der Waals surface area (Å²) in [5.74, 6) is 0.432. The van der Waals surface area contributed by atoms with Crippen molar-refractivity contribution in [3.63, 3.8) is 0 Å². The van der Waals surface area contributed by atoms with E-state index < -0.39 is 4.92 Å². The first-order valence-corrected chi connectivity index (χ1v) is 6.67. The van der Waals surface area contributed by atoms with Crippen molar-refractivity contribution < 1.29 is 4.92 Å². The number of anilines is 2. The highest BCUT2D eigenvalue weighted by molar-refractivity contribution is 5.54. The maximum atomic E-state index is 10.7. The zero-order valence-electron chi connectivity index (χ0n) is 11.1. The van der Waals surface area contributed by atoms with Crippen LogP contribution in [0.5, 0.6) is 0 Å². The van der Waals surface area contributed by atoms with Gasteiger partial charge in [0.25, 0.3) is 0 Å². The average molecular weight is 265 g/mol. The zero-order chi connectivity index (χ0) is 13.8. The van der Waals surface area contributed by atoms with E-state index in [-0.39, 0.29) is 11.5 Å². The summed E-state index contributed by atoms with van der Waals surface area (Å²) in [6.45, 7) is 2.82. The molecule has 0 unspecified atom stereocenters. The van der Waals surface area contributed by atoms with Gasteiger partial charge in [0.1, 0.15) is 6.20 Å². The summed E-state index contributed by atoms with van der Waals surface area (Å²) in [5.41, 5.74) is 5.39. The SMILES string of the molecule is CCN(c1ncc([N+](=O)[O-])c(N)n1)C1CCCCC1. The molecule has 1 aromatic rings. The number of nitrogens with zero attached hydrogens (tertiary/aromatic N) is 4. The molecule has 7 heteroatoms. The van der Waals surface area contributed by atoms with E-state index in [9.17, 15) is 10.1 Å². The summed E-state index contributed by atoms with van der Waals surface area (Å²) in [6, 6.07) is 0.416. The Morgan fingerprint density at radius 2 is 2.16 bits per heavy atom. The number of nitrogen functional groups attached to an aromatic ring is 1. The molecule has 0 radical (unpaired) electrons. The molecule has 1 aromatic heterocycles. The first-order valence-electron chi connectivity index (χ1n) is 6.67. The van der Waals surface area contributed by atoms with Gasteiger partial charge in [0.2, 0.25) is 11.8 Å². The van der Waals surface area contributed by atoms with E-state index in [1.807, 2.05) is 6.92 Å². The van der Waals surface area contributed by atoms with Crippen LogP contribution in [0.4, 0.5) is 17.5 Å². The molecule has 0 amide bonds. The van der Waals surface area contributed by atoms with Gasteiger partial charge < -0.3 is 10.6 Å². The fourth-order valence-electron chi connectivity index (χ4n) is 2.61. The Hall–Kier alpha value is -1.92. The molecule has 2 rings (SSSR count). The van der Waals surface area contributed by atoms with Crippen LogP contribution in [0.15, 0.2) is 6.20 Å². The monoisotopic (exact) mass is 265 g/mol. The van der Waals surface area contributed by atoms with Crippen molar-refractivity contribution in [1.29, 1.82) is 0 Å². The van der Waals surface area contributed by atoms with Gasteiger partial charge in [-0.3, -0.25) is 10.1 Å². The molecule has 1 heterocycles. The fourth-order valence-corrected chi connectivity index (χ4v) is 2.61. The highest BCUT2D eigenvalue weighted by atomic mass is 16.6. The van der Waals surface area contributed by atoms with Crippen LogP contribution in [0.3, 0.4) is 0 Å². The number of hydrogen-bond acceptors (Lipinski definition) is 6. The standard InChI is InChI=1S/C12H19N5O2/c1-2-16(9-6-4-3-5-7-9)12-14-8-10(17(18)19)11(13)15-12/h8-9H,2-7H2,1H3,(H2,13,14,15). The van der Waals surface area contributed by atoms with Crippen molar-refractivity contribution in [3.05, 3.63) is 16.3 Å². The third kappa shape index (κ3) is 2.91. The van der Waals surface area contributed by atoms with Gasteiger partial charge in [0, 0.05) is 12.6 Å². The van der Waals surface area contributed by atoms with Crippen LogP contribution in [0.2, 0.25) is 0 Å². The normalized spacial score (nSPS) is 16.3. The van der Waals surface area contributed by atoms with Crippen LogP contribution in [-0.2, 0) is 0 Å². The minimum Gasteiger partial charge on any atom is -0.378 e. The summed E-state index contributed by atoms with van der Waals surface area (Å²) in [7, 11) is 0. The van der Waals surface area contributed by atoms with Gasteiger partial charge in [-0.1, -0.05) is 19.3 Å². The number of nitrogens with two attached hydrogens (primary N) is 1. The quantitative estimate of drug-likeness (QED) is 0.661. The largest absolute Gasteiger partial charge is 0.378 e. The van der Waals surface area contributed by atoms with Gasteiger partial charge in [0.05, 0.1) is 4.92 Å².